The zero-order chi connectivity index (χ0) is 18.7. The Labute approximate surface area is 159 Å². The van der Waals surface area contributed by atoms with E-state index in [0.29, 0.717) is 17.8 Å². The van der Waals surface area contributed by atoms with Crippen LogP contribution < -0.4 is 5.32 Å². The number of aromatic nitrogens is 1. The maximum Gasteiger partial charge on any atom is 0.267 e. The largest absolute Gasteiger partial charge is 0.349 e. The van der Waals surface area contributed by atoms with Crippen LogP contribution in [-0.4, -0.2) is 40.8 Å². The third-order valence-corrected chi connectivity index (χ3v) is 6.20. The zero-order valence-electron chi connectivity index (χ0n) is 15.7. The van der Waals surface area contributed by atoms with Gasteiger partial charge in [-0.15, -0.1) is 11.3 Å². The van der Waals surface area contributed by atoms with Crippen LogP contribution in [0.4, 0.5) is 0 Å². The molecule has 2 aromatic heterocycles. The van der Waals surface area contributed by atoms with Crippen molar-refractivity contribution in [3.8, 4) is 0 Å². The molecule has 1 atom stereocenters. The van der Waals surface area contributed by atoms with Crippen LogP contribution in [0.1, 0.15) is 58.5 Å². The van der Waals surface area contributed by atoms with Crippen LogP contribution >= 0.6 is 11.3 Å². The van der Waals surface area contributed by atoms with E-state index in [2.05, 4.69) is 34.7 Å². The molecule has 0 saturated carbocycles. The number of nitrogens with one attached hydrogen (secondary N) is 1. The number of rotatable bonds is 6. The van der Waals surface area contributed by atoms with E-state index in [-0.39, 0.29) is 17.7 Å². The zero-order valence-corrected chi connectivity index (χ0v) is 16.5. The molecule has 1 aliphatic rings. The first-order valence-corrected chi connectivity index (χ1v) is 10.1. The molecule has 1 N–H and O–H groups in total. The number of amides is 1. The highest BCUT2D eigenvalue weighted by Gasteiger charge is 2.26. The third-order valence-electron chi connectivity index (χ3n) is 5.23. The molecule has 5 nitrogen and oxygen atoms in total. The van der Waals surface area contributed by atoms with Gasteiger partial charge in [-0.05, 0) is 56.3 Å². The van der Waals surface area contributed by atoms with Crippen molar-refractivity contribution < 1.29 is 9.59 Å². The van der Waals surface area contributed by atoms with Crippen molar-refractivity contribution in [2.75, 3.05) is 19.6 Å². The second-order valence-electron chi connectivity index (χ2n) is 7.24. The molecule has 1 aliphatic heterocycles. The quantitative estimate of drug-likeness (QED) is 0.789. The van der Waals surface area contributed by atoms with E-state index in [1.54, 1.807) is 35.2 Å². The van der Waals surface area contributed by atoms with Crippen molar-refractivity contribution in [3.05, 3.63) is 45.9 Å². The van der Waals surface area contributed by atoms with Gasteiger partial charge in [0.05, 0.1) is 6.04 Å². The van der Waals surface area contributed by atoms with E-state index in [4.69, 9.17) is 0 Å². The van der Waals surface area contributed by atoms with Crippen LogP contribution in [0.3, 0.4) is 0 Å². The van der Waals surface area contributed by atoms with Crippen LogP contribution in [0.15, 0.2) is 29.8 Å². The van der Waals surface area contributed by atoms with Crippen molar-refractivity contribution in [2.24, 2.45) is 13.0 Å². The molecule has 0 aliphatic carbocycles. The van der Waals surface area contributed by atoms with E-state index >= 15 is 0 Å². The van der Waals surface area contributed by atoms with Gasteiger partial charge in [0.1, 0.15) is 5.69 Å². The number of aryl methyl sites for hydroxylation is 1. The molecule has 2 aromatic rings. The molecule has 3 rings (SSSR count). The lowest BCUT2D eigenvalue weighted by Gasteiger charge is -2.36. The van der Waals surface area contributed by atoms with E-state index in [9.17, 15) is 9.59 Å². The number of carbonyl (C=O) groups is 2. The fourth-order valence-corrected chi connectivity index (χ4v) is 4.35. The van der Waals surface area contributed by atoms with E-state index < -0.39 is 0 Å². The first kappa shape index (κ1) is 18.9. The maximum atomic E-state index is 12.7. The summed E-state index contributed by atoms with van der Waals surface area (Å²) in [6.45, 7) is 6.53. The van der Waals surface area contributed by atoms with E-state index in [1.165, 1.54) is 24.6 Å². The molecule has 1 amide bonds. The summed E-state index contributed by atoms with van der Waals surface area (Å²) in [7, 11) is 1.80. The highest BCUT2D eigenvalue weighted by atomic mass is 32.1. The molecule has 0 spiro atoms. The molecule has 1 saturated heterocycles. The summed E-state index contributed by atoms with van der Waals surface area (Å²) in [5.41, 5.74) is 1.09. The van der Waals surface area contributed by atoms with Crippen LogP contribution in [0.5, 0.6) is 0 Å². The molecule has 26 heavy (non-hydrogen) atoms. The van der Waals surface area contributed by atoms with E-state index in [0.717, 1.165) is 19.0 Å². The van der Waals surface area contributed by atoms with E-state index in [1.807, 2.05) is 0 Å². The molecule has 0 radical (unpaired) electrons. The SMILES string of the molecule is CC(=O)c1cc(C(=O)NCC(c2cccs2)N2CCC(C)CC2)n(C)c1. The molecule has 6 heteroatoms. The summed E-state index contributed by atoms with van der Waals surface area (Å²) in [5.74, 6) is 0.615. The minimum Gasteiger partial charge on any atom is -0.349 e. The van der Waals surface area contributed by atoms with Crippen LogP contribution in [0.2, 0.25) is 0 Å². The number of nitrogens with zero attached hydrogens (tertiary/aromatic N) is 2. The second-order valence-corrected chi connectivity index (χ2v) is 8.22. The van der Waals surface area contributed by atoms with Crippen LogP contribution in [0.25, 0.3) is 0 Å². The van der Waals surface area contributed by atoms with Gasteiger partial charge in [0.25, 0.3) is 5.91 Å². The normalized spacial score (nSPS) is 17.2. The fourth-order valence-electron chi connectivity index (χ4n) is 3.49. The monoisotopic (exact) mass is 373 g/mol. The summed E-state index contributed by atoms with van der Waals surface area (Å²) in [6.07, 6.45) is 4.12. The lowest BCUT2D eigenvalue weighted by molar-refractivity contribution is 0.0907. The smallest absolute Gasteiger partial charge is 0.267 e. The Hall–Kier alpha value is -1.92. The Balaban J connectivity index is 1.69. The van der Waals surface area contributed by atoms with Gasteiger partial charge in [-0.3, -0.25) is 14.5 Å². The topological polar surface area (TPSA) is 54.3 Å². The average Bonchev–Trinajstić information content (AvgIpc) is 3.26. The number of carbonyl (C=O) groups excluding carboxylic acids is 2. The Morgan fingerprint density at radius 2 is 2.08 bits per heavy atom. The molecule has 3 heterocycles. The maximum absolute atomic E-state index is 12.7. The number of hydrogen-bond acceptors (Lipinski definition) is 4. The lowest BCUT2D eigenvalue weighted by atomic mass is 9.97. The molecule has 0 aromatic carbocycles. The molecule has 140 valence electrons. The van der Waals surface area contributed by atoms with Gasteiger partial charge in [0.2, 0.25) is 0 Å². The van der Waals surface area contributed by atoms with Gasteiger partial charge in [-0.1, -0.05) is 13.0 Å². The van der Waals surface area contributed by atoms with Gasteiger partial charge in [0.15, 0.2) is 5.78 Å². The predicted molar refractivity (Wildman–Crippen MR) is 105 cm³/mol. The van der Waals surface area contributed by atoms with Gasteiger partial charge in [-0.25, -0.2) is 0 Å². The summed E-state index contributed by atoms with van der Waals surface area (Å²) >= 11 is 1.74. The minimum absolute atomic E-state index is 0.0291. The van der Waals surface area contributed by atoms with Crippen molar-refractivity contribution in [1.29, 1.82) is 0 Å². The molecular weight excluding hydrogens is 346 g/mol. The van der Waals surface area contributed by atoms with Crippen molar-refractivity contribution in [2.45, 2.75) is 32.7 Å². The number of hydrogen-bond donors (Lipinski definition) is 1. The number of piperidine rings is 1. The van der Waals surface area contributed by atoms with Crippen LogP contribution in [0, 0.1) is 5.92 Å². The number of likely N-dealkylation sites (tertiary alicyclic amines) is 1. The van der Waals surface area contributed by atoms with Gasteiger partial charge >= 0.3 is 0 Å². The minimum atomic E-state index is -0.132. The highest BCUT2D eigenvalue weighted by molar-refractivity contribution is 7.10. The predicted octanol–water partition coefficient (Wildman–Crippen LogP) is 3.49. The summed E-state index contributed by atoms with van der Waals surface area (Å²) < 4.78 is 1.72. The highest BCUT2D eigenvalue weighted by Crippen LogP contribution is 2.29. The second kappa shape index (κ2) is 8.18. The number of Topliss-reactive ketones (excluding diaryl/α,β-unsaturated/α-hetero) is 1. The van der Waals surface area contributed by atoms with Gasteiger partial charge in [-0.2, -0.15) is 0 Å². The molecule has 1 fully saturated rings. The summed E-state index contributed by atoms with van der Waals surface area (Å²) in [4.78, 5) is 28.0. The Kier molecular flexibility index (Phi) is 5.94. The Morgan fingerprint density at radius 1 is 1.35 bits per heavy atom. The van der Waals surface area contributed by atoms with Crippen molar-refractivity contribution in [1.82, 2.24) is 14.8 Å². The summed E-state index contributed by atoms with van der Waals surface area (Å²) in [5, 5.41) is 5.17. The average molecular weight is 374 g/mol. The number of thiophene rings is 1. The summed E-state index contributed by atoms with van der Waals surface area (Å²) in [6, 6.07) is 6.09. The lowest BCUT2D eigenvalue weighted by Crippen LogP contribution is -2.41. The first-order valence-electron chi connectivity index (χ1n) is 9.18. The fraction of sp³-hybridized carbons (Fsp3) is 0.500. The molecule has 0 bridgehead atoms. The van der Waals surface area contributed by atoms with Crippen molar-refractivity contribution >= 4 is 23.0 Å². The molecule has 1 unspecified atom stereocenters. The third kappa shape index (κ3) is 4.24. The Bertz CT molecular complexity index is 758. The van der Waals surface area contributed by atoms with Crippen LogP contribution in [-0.2, 0) is 7.05 Å². The number of ketones is 1. The standard InChI is InChI=1S/C20H27N3O2S/c1-14-6-8-23(9-7-14)18(19-5-4-10-26-19)12-21-20(25)17-11-16(15(2)24)13-22(17)3/h4-5,10-11,13-14,18H,6-9,12H2,1-3H3,(H,21,25). The van der Waals surface area contributed by atoms with Crippen molar-refractivity contribution in [3.63, 3.8) is 0 Å². The van der Waals surface area contributed by atoms with Gasteiger partial charge < -0.3 is 9.88 Å². The van der Waals surface area contributed by atoms with Gasteiger partial charge in [0, 0.05) is 30.2 Å². The first-order chi connectivity index (χ1) is 12.5. The Morgan fingerprint density at radius 3 is 2.65 bits per heavy atom. The molecular formula is C20H27N3O2S.